The first kappa shape index (κ1) is 20.8. The van der Waals surface area contributed by atoms with Gasteiger partial charge in [0.25, 0.3) is 0 Å². The molecule has 0 unspecified atom stereocenters. The maximum atomic E-state index is 12.8. The van der Waals surface area contributed by atoms with Gasteiger partial charge in [-0.05, 0) is 37.5 Å². The first-order valence-electron chi connectivity index (χ1n) is 11.0. The van der Waals surface area contributed by atoms with Crippen molar-refractivity contribution in [1.29, 1.82) is 0 Å². The van der Waals surface area contributed by atoms with Gasteiger partial charge in [0.2, 0.25) is 5.91 Å². The molecule has 0 atom stereocenters. The van der Waals surface area contributed by atoms with Gasteiger partial charge in [0, 0.05) is 31.1 Å². The van der Waals surface area contributed by atoms with Crippen LogP contribution in [0.3, 0.4) is 0 Å². The Balaban J connectivity index is 1.13. The number of likely N-dealkylation sites (tertiary alicyclic amines) is 1. The molecule has 1 aliphatic rings. The fourth-order valence-electron chi connectivity index (χ4n) is 4.16. The van der Waals surface area contributed by atoms with E-state index in [2.05, 4.69) is 22.1 Å². The summed E-state index contributed by atoms with van der Waals surface area (Å²) in [6.45, 7) is 3.51. The highest BCUT2D eigenvalue weighted by molar-refractivity contribution is 7.99. The Kier molecular flexibility index (Phi) is 5.99. The number of para-hydroxylation sites is 2. The summed E-state index contributed by atoms with van der Waals surface area (Å²) >= 11 is 1.48. The number of rotatable bonds is 6. The maximum Gasteiger partial charge on any atom is 0.233 e. The summed E-state index contributed by atoms with van der Waals surface area (Å²) in [5.74, 6) is 1.62. The molecule has 1 aliphatic heterocycles. The molecule has 1 N–H and O–H groups in total. The average molecular weight is 447 g/mol. The van der Waals surface area contributed by atoms with Crippen molar-refractivity contribution in [2.24, 2.45) is 0 Å². The number of oxazole rings is 1. The van der Waals surface area contributed by atoms with Gasteiger partial charge < -0.3 is 14.3 Å². The number of thioether (sulfide) groups is 1. The van der Waals surface area contributed by atoms with E-state index in [1.165, 1.54) is 17.3 Å². The van der Waals surface area contributed by atoms with Crippen LogP contribution < -0.4 is 0 Å². The molecule has 0 bridgehead atoms. The van der Waals surface area contributed by atoms with E-state index >= 15 is 0 Å². The van der Waals surface area contributed by atoms with Crippen LogP contribution in [0.1, 0.15) is 41.6 Å². The third-order valence-electron chi connectivity index (χ3n) is 6.02. The Morgan fingerprint density at radius 2 is 1.84 bits per heavy atom. The van der Waals surface area contributed by atoms with Crippen molar-refractivity contribution in [3.63, 3.8) is 0 Å². The highest BCUT2D eigenvalue weighted by atomic mass is 32.2. The zero-order valence-corrected chi connectivity index (χ0v) is 18.9. The number of fused-ring (bicyclic) bond motifs is 1. The predicted octanol–water partition coefficient (Wildman–Crippen LogP) is 4.95. The van der Waals surface area contributed by atoms with E-state index in [1.807, 2.05) is 54.3 Å². The monoisotopic (exact) mass is 446 g/mol. The number of aromatic amines is 1. The average Bonchev–Trinajstić information content (AvgIpc) is 3.41. The van der Waals surface area contributed by atoms with Crippen LogP contribution in [0.15, 0.2) is 64.2 Å². The minimum atomic E-state index is 0.157. The predicted molar refractivity (Wildman–Crippen MR) is 126 cm³/mol. The number of carbonyl (C=O) groups excluding carboxylic acids is 1. The van der Waals surface area contributed by atoms with Crippen molar-refractivity contribution >= 4 is 28.8 Å². The van der Waals surface area contributed by atoms with Crippen LogP contribution in [0.4, 0.5) is 0 Å². The normalized spacial score (nSPS) is 14.8. The number of nitrogens with zero attached hydrogens (tertiary/aromatic N) is 3. The lowest BCUT2D eigenvalue weighted by Gasteiger charge is -2.30. The topological polar surface area (TPSA) is 75.0 Å². The number of hydrogen-bond acceptors (Lipinski definition) is 5. The lowest BCUT2D eigenvalue weighted by atomic mass is 9.97. The number of imidazole rings is 1. The molecule has 1 fully saturated rings. The molecule has 164 valence electrons. The third-order valence-corrected chi connectivity index (χ3v) is 6.88. The number of carbonyl (C=O) groups is 1. The SMILES string of the molecule is Cc1[nH]c(SCC(=O)N2CCC(c3nc4ccccc4o3)CC2)nc1Cc1ccccc1. The standard InChI is InChI=1S/C25H26N4O2S/c1-17-21(15-18-7-3-2-4-8-18)28-25(26-17)32-16-23(30)29-13-11-19(12-14-29)24-27-20-9-5-6-10-22(20)31-24/h2-10,19H,11-16H2,1H3,(H,26,28). The van der Waals surface area contributed by atoms with Crippen molar-refractivity contribution in [3.05, 3.63) is 77.4 Å². The second kappa shape index (κ2) is 9.20. The van der Waals surface area contributed by atoms with Crippen molar-refractivity contribution in [1.82, 2.24) is 19.9 Å². The second-order valence-electron chi connectivity index (χ2n) is 8.24. The van der Waals surface area contributed by atoms with E-state index < -0.39 is 0 Å². The van der Waals surface area contributed by atoms with E-state index in [4.69, 9.17) is 9.40 Å². The van der Waals surface area contributed by atoms with Crippen molar-refractivity contribution in [2.75, 3.05) is 18.8 Å². The Morgan fingerprint density at radius 3 is 2.62 bits per heavy atom. The zero-order valence-electron chi connectivity index (χ0n) is 18.1. The third kappa shape index (κ3) is 4.58. The van der Waals surface area contributed by atoms with Crippen LogP contribution >= 0.6 is 11.8 Å². The molecule has 5 rings (SSSR count). The lowest BCUT2D eigenvalue weighted by molar-refractivity contribution is -0.129. The molecule has 0 saturated carbocycles. The fraction of sp³-hybridized carbons (Fsp3) is 0.320. The van der Waals surface area contributed by atoms with Gasteiger partial charge in [0.1, 0.15) is 5.52 Å². The second-order valence-corrected chi connectivity index (χ2v) is 9.20. The molecule has 1 saturated heterocycles. The van der Waals surface area contributed by atoms with Crippen LogP contribution in [-0.4, -0.2) is 44.6 Å². The number of benzene rings is 2. The highest BCUT2D eigenvalue weighted by Gasteiger charge is 2.27. The van der Waals surface area contributed by atoms with Gasteiger partial charge in [-0.25, -0.2) is 9.97 Å². The van der Waals surface area contributed by atoms with E-state index in [0.29, 0.717) is 5.75 Å². The van der Waals surface area contributed by atoms with Gasteiger partial charge in [-0.15, -0.1) is 0 Å². The number of amides is 1. The smallest absolute Gasteiger partial charge is 0.233 e. The minimum absolute atomic E-state index is 0.157. The quantitative estimate of drug-likeness (QED) is 0.424. The molecule has 7 heteroatoms. The van der Waals surface area contributed by atoms with Crippen LogP contribution in [0.25, 0.3) is 11.1 Å². The van der Waals surface area contributed by atoms with Gasteiger partial charge in [-0.3, -0.25) is 4.79 Å². The molecule has 0 radical (unpaired) electrons. The summed E-state index contributed by atoms with van der Waals surface area (Å²) in [5.41, 5.74) is 5.06. The summed E-state index contributed by atoms with van der Waals surface area (Å²) in [6, 6.07) is 18.2. The summed E-state index contributed by atoms with van der Waals surface area (Å²) < 4.78 is 5.93. The Hall–Kier alpha value is -3.06. The highest BCUT2D eigenvalue weighted by Crippen LogP contribution is 2.30. The Bertz CT molecular complexity index is 1180. The molecule has 2 aromatic heterocycles. The Labute approximate surface area is 191 Å². The van der Waals surface area contributed by atoms with Gasteiger partial charge in [0.05, 0.1) is 11.4 Å². The van der Waals surface area contributed by atoms with Crippen LogP contribution in [0.5, 0.6) is 0 Å². The van der Waals surface area contributed by atoms with Crippen molar-refractivity contribution < 1.29 is 9.21 Å². The number of H-pyrrole nitrogens is 1. The van der Waals surface area contributed by atoms with Crippen LogP contribution in [0.2, 0.25) is 0 Å². The largest absolute Gasteiger partial charge is 0.440 e. The molecule has 1 amide bonds. The number of piperidine rings is 1. The summed E-state index contributed by atoms with van der Waals surface area (Å²) in [6.07, 6.45) is 2.55. The van der Waals surface area contributed by atoms with E-state index in [9.17, 15) is 4.79 Å². The first-order valence-corrected chi connectivity index (χ1v) is 12.0. The van der Waals surface area contributed by atoms with Crippen molar-refractivity contribution in [2.45, 2.75) is 37.3 Å². The van der Waals surface area contributed by atoms with Gasteiger partial charge in [-0.1, -0.05) is 54.2 Å². The zero-order chi connectivity index (χ0) is 21.9. The van der Waals surface area contributed by atoms with Crippen LogP contribution in [0, 0.1) is 6.92 Å². The van der Waals surface area contributed by atoms with Crippen LogP contribution in [-0.2, 0) is 11.2 Å². The van der Waals surface area contributed by atoms with Gasteiger partial charge in [-0.2, -0.15) is 0 Å². The fourth-order valence-corrected chi connectivity index (χ4v) is 5.00. The van der Waals surface area contributed by atoms with Gasteiger partial charge in [0.15, 0.2) is 16.6 Å². The minimum Gasteiger partial charge on any atom is -0.440 e. The molecule has 4 aromatic rings. The molecule has 2 aromatic carbocycles. The maximum absolute atomic E-state index is 12.8. The molecule has 0 spiro atoms. The first-order chi connectivity index (χ1) is 15.7. The molecular formula is C25H26N4O2S. The molecule has 32 heavy (non-hydrogen) atoms. The lowest BCUT2D eigenvalue weighted by Crippen LogP contribution is -2.39. The number of nitrogens with one attached hydrogen (secondary N) is 1. The summed E-state index contributed by atoms with van der Waals surface area (Å²) in [5, 5.41) is 0.808. The van der Waals surface area contributed by atoms with Gasteiger partial charge >= 0.3 is 0 Å². The van der Waals surface area contributed by atoms with E-state index in [-0.39, 0.29) is 11.8 Å². The Morgan fingerprint density at radius 1 is 1.09 bits per heavy atom. The molecular weight excluding hydrogens is 420 g/mol. The summed E-state index contributed by atoms with van der Waals surface area (Å²) in [7, 11) is 0. The number of aromatic nitrogens is 3. The molecule has 6 nitrogen and oxygen atoms in total. The molecule has 0 aliphatic carbocycles. The summed E-state index contributed by atoms with van der Waals surface area (Å²) in [4.78, 5) is 27.4. The number of hydrogen-bond donors (Lipinski definition) is 1. The number of aryl methyl sites for hydroxylation is 1. The molecule has 3 heterocycles. The van der Waals surface area contributed by atoms with Crippen molar-refractivity contribution in [3.8, 4) is 0 Å². The van der Waals surface area contributed by atoms with E-state index in [0.717, 1.165) is 65.9 Å². The van der Waals surface area contributed by atoms with E-state index in [1.54, 1.807) is 0 Å².